The molecule has 2 N–H and O–H groups in total. The van der Waals surface area contributed by atoms with Crippen molar-refractivity contribution in [1.82, 2.24) is 9.88 Å². The summed E-state index contributed by atoms with van der Waals surface area (Å²) in [6.07, 6.45) is 1.71. The van der Waals surface area contributed by atoms with Crippen LogP contribution in [0.2, 0.25) is 0 Å². The predicted molar refractivity (Wildman–Crippen MR) is 76.6 cm³/mol. The highest BCUT2D eigenvalue weighted by atomic mass is 16.4. The van der Waals surface area contributed by atoms with Crippen molar-refractivity contribution in [3.63, 3.8) is 0 Å². The van der Waals surface area contributed by atoms with Crippen LogP contribution in [-0.2, 0) is 11.2 Å². The SMILES string of the molecule is CCc1c(C(=O)N2CCC[C@@H]2C(=O)O)[nH]c(C)c1C(C)=O. The molecular weight excluding hydrogens is 272 g/mol. The molecule has 1 amide bonds. The van der Waals surface area contributed by atoms with Crippen LogP contribution in [0.1, 0.15) is 58.8 Å². The zero-order valence-corrected chi connectivity index (χ0v) is 12.5. The molecular formula is C15H20N2O4. The molecule has 1 aromatic rings. The van der Waals surface area contributed by atoms with E-state index in [2.05, 4.69) is 4.98 Å². The lowest BCUT2D eigenvalue weighted by Gasteiger charge is -2.21. The highest BCUT2D eigenvalue weighted by Crippen LogP contribution is 2.25. The molecule has 1 saturated heterocycles. The third kappa shape index (κ3) is 2.57. The monoisotopic (exact) mass is 292 g/mol. The molecule has 0 unspecified atom stereocenters. The third-order valence-corrected chi connectivity index (χ3v) is 4.01. The molecule has 0 aliphatic carbocycles. The number of H-pyrrole nitrogens is 1. The maximum absolute atomic E-state index is 12.6. The van der Waals surface area contributed by atoms with Gasteiger partial charge in [-0.25, -0.2) is 4.79 Å². The van der Waals surface area contributed by atoms with Crippen LogP contribution in [0.5, 0.6) is 0 Å². The van der Waals surface area contributed by atoms with Gasteiger partial charge in [-0.2, -0.15) is 0 Å². The number of amides is 1. The number of rotatable bonds is 4. The maximum Gasteiger partial charge on any atom is 0.326 e. The molecule has 0 aromatic carbocycles. The molecule has 2 rings (SSSR count). The van der Waals surface area contributed by atoms with Crippen molar-refractivity contribution < 1.29 is 19.5 Å². The molecule has 6 nitrogen and oxygen atoms in total. The molecule has 1 aliphatic rings. The Labute approximate surface area is 123 Å². The number of nitrogens with zero attached hydrogens (tertiary/aromatic N) is 1. The third-order valence-electron chi connectivity index (χ3n) is 4.01. The normalized spacial score (nSPS) is 18.0. The van der Waals surface area contributed by atoms with Crippen LogP contribution in [0, 0.1) is 6.92 Å². The number of hydrogen-bond donors (Lipinski definition) is 2. The van der Waals surface area contributed by atoms with Gasteiger partial charge in [0, 0.05) is 17.8 Å². The molecule has 0 spiro atoms. The van der Waals surface area contributed by atoms with Crippen LogP contribution in [0.4, 0.5) is 0 Å². The van der Waals surface area contributed by atoms with Gasteiger partial charge in [0.25, 0.3) is 5.91 Å². The Morgan fingerprint density at radius 2 is 2.05 bits per heavy atom. The van der Waals surface area contributed by atoms with Crippen molar-refractivity contribution in [1.29, 1.82) is 0 Å². The Bertz CT molecular complexity index is 603. The number of carboxylic acid groups (broad SMARTS) is 1. The Hall–Kier alpha value is -2.11. The van der Waals surface area contributed by atoms with E-state index in [4.69, 9.17) is 0 Å². The zero-order chi connectivity index (χ0) is 15.7. The van der Waals surface area contributed by atoms with E-state index >= 15 is 0 Å². The van der Waals surface area contributed by atoms with Gasteiger partial charge in [0.15, 0.2) is 5.78 Å². The highest BCUT2D eigenvalue weighted by molar-refractivity contribution is 6.03. The first kappa shape index (κ1) is 15.3. The quantitative estimate of drug-likeness (QED) is 0.828. The van der Waals surface area contributed by atoms with Gasteiger partial charge in [-0.05, 0) is 38.7 Å². The molecule has 0 saturated carbocycles. The minimum atomic E-state index is -0.978. The smallest absolute Gasteiger partial charge is 0.326 e. The number of ketones is 1. The molecule has 1 fully saturated rings. The minimum Gasteiger partial charge on any atom is -0.480 e. The van der Waals surface area contributed by atoms with Crippen LogP contribution in [0.3, 0.4) is 0 Å². The van der Waals surface area contributed by atoms with E-state index in [0.29, 0.717) is 48.3 Å². The summed E-state index contributed by atoms with van der Waals surface area (Å²) in [6, 6.07) is -0.772. The summed E-state index contributed by atoms with van der Waals surface area (Å²) < 4.78 is 0. The number of aromatic nitrogens is 1. The van der Waals surface area contributed by atoms with Crippen LogP contribution < -0.4 is 0 Å². The van der Waals surface area contributed by atoms with Crippen molar-refractivity contribution in [3.05, 3.63) is 22.5 Å². The first-order valence-electron chi connectivity index (χ1n) is 7.14. The number of carboxylic acids is 1. The van der Waals surface area contributed by atoms with Gasteiger partial charge in [-0.1, -0.05) is 6.92 Å². The van der Waals surface area contributed by atoms with Crippen LogP contribution in [0.15, 0.2) is 0 Å². The molecule has 1 aliphatic heterocycles. The first-order valence-corrected chi connectivity index (χ1v) is 7.14. The number of carbonyl (C=O) groups excluding carboxylic acids is 2. The van der Waals surface area contributed by atoms with E-state index in [0.717, 1.165) is 0 Å². The summed E-state index contributed by atoms with van der Waals surface area (Å²) in [6.45, 7) is 5.54. The fourth-order valence-electron chi connectivity index (χ4n) is 3.10. The number of carbonyl (C=O) groups is 3. The lowest BCUT2D eigenvalue weighted by Crippen LogP contribution is -2.40. The van der Waals surface area contributed by atoms with Crippen molar-refractivity contribution in [2.45, 2.75) is 46.1 Å². The fraction of sp³-hybridized carbons (Fsp3) is 0.533. The molecule has 1 aromatic heterocycles. The van der Waals surface area contributed by atoms with Gasteiger partial charge >= 0.3 is 5.97 Å². The van der Waals surface area contributed by atoms with E-state index in [9.17, 15) is 19.5 Å². The summed E-state index contributed by atoms with van der Waals surface area (Å²) in [5.74, 6) is -1.39. The number of likely N-dealkylation sites (tertiary alicyclic amines) is 1. The first-order chi connectivity index (χ1) is 9.88. The summed E-state index contributed by atoms with van der Waals surface area (Å²) in [5.41, 5.74) is 2.25. The van der Waals surface area contributed by atoms with Gasteiger partial charge in [0.2, 0.25) is 0 Å². The van der Waals surface area contributed by atoms with Gasteiger partial charge in [0.05, 0.1) is 0 Å². The molecule has 2 heterocycles. The maximum atomic E-state index is 12.6. The van der Waals surface area contributed by atoms with E-state index < -0.39 is 12.0 Å². The molecule has 114 valence electrons. The van der Waals surface area contributed by atoms with Crippen molar-refractivity contribution in [3.8, 4) is 0 Å². The summed E-state index contributed by atoms with van der Waals surface area (Å²) in [7, 11) is 0. The van der Waals surface area contributed by atoms with E-state index in [1.807, 2.05) is 6.92 Å². The van der Waals surface area contributed by atoms with Crippen molar-refractivity contribution >= 4 is 17.7 Å². The van der Waals surface area contributed by atoms with E-state index in [1.54, 1.807) is 6.92 Å². The lowest BCUT2D eigenvalue weighted by atomic mass is 10.0. The number of aliphatic carboxylic acids is 1. The molecule has 21 heavy (non-hydrogen) atoms. The average Bonchev–Trinajstić information content (AvgIpc) is 3.01. The summed E-state index contributed by atoms with van der Waals surface area (Å²) in [4.78, 5) is 40.0. The Morgan fingerprint density at radius 3 is 2.57 bits per heavy atom. The average molecular weight is 292 g/mol. The largest absolute Gasteiger partial charge is 0.480 e. The number of nitrogens with one attached hydrogen (secondary N) is 1. The second-order valence-electron chi connectivity index (χ2n) is 5.38. The van der Waals surface area contributed by atoms with Gasteiger partial charge in [-0.3, -0.25) is 9.59 Å². The van der Waals surface area contributed by atoms with Gasteiger partial charge < -0.3 is 15.0 Å². The minimum absolute atomic E-state index is 0.0872. The van der Waals surface area contributed by atoms with Crippen LogP contribution in [0.25, 0.3) is 0 Å². The molecule has 1 atom stereocenters. The number of aromatic amines is 1. The molecule has 0 bridgehead atoms. The molecule has 6 heteroatoms. The number of hydrogen-bond acceptors (Lipinski definition) is 3. The Morgan fingerprint density at radius 1 is 1.38 bits per heavy atom. The fourth-order valence-corrected chi connectivity index (χ4v) is 3.10. The van der Waals surface area contributed by atoms with E-state index in [1.165, 1.54) is 11.8 Å². The highest BCUT2D eigenvalue weighted by Gasteiger charge is 2.36. The zero-order valence-electron chi connectivity index (χ0n) is 12.5. The van der Waals surface area contributed by atoms with E-state index in [-0.39, 0.29) is 11.7 Å². The van der Waals surface area contributed by atoms with Crippen LogP contribution >= 0.6 is 0 Å². The van der Waals surface area contributed by atoms with Crippen molar-refractivity contribution in [2.24, 2.45) is 0 Å². The van der Waals surface area contributed by atoms with Gasteiger partial charge in [-0.15, -0.1) is 0 Å². The lowest BCUT2D eigenvalue weighted by molar-refractivity contribution is -0.141. The van der Waals surface area contributed by atoms with Crippen molar-refractivity contribution in [2.75, 3.05) is 6.54 Å². The second-order valence-corrected chi connectivity index (χ2v) is 5.38. The van der Waals surface area contributed by atoms with Gasteiger partial charge in [0.1, 0.15) is 11.7 Å². The summed E-state index contributed by atoms with van der Waals surface area (Å²) >= 11 is 0. The molecule has 0 radical (unpaired) electrons. The predicted octanol–water partition coefficient (Wildman–Crippen LogP) is 1.78. The Kier molecular flexibility index (Phi) is 4.16. The number of aryl methyl sites for hydroxylation is 1. The second kappa shape index (κ2) is 5.71. The number of Topliss-reactive ketones (excluding diaryl/α,β-unsaturated/α-hetero) is 1. The Balaban J connectivity index is 2.42. The van der Waals surface area contributed by atoms with Crippen LogP contribution in [-0.4, -0.2) is 45.2 Å². The topological polar surface area (TPSA) is 90.5 Å². The summed E-state index contributed by atoms with van der Waals surface area (Å²) in [5, 5.41) is 9.20. The standard InChI is InChI=1S/C15H20N2O4/c1-4-10-12(9(3)18)8(2)16-13(10)14(19)17-7-5-6-11(17)15(20)21/h11,16H,4-7H2,1-3H3,(H,20,21)/t11-/m1/s1.